The Balaban J connectivity index is 1.32. The van der Waals surface area contributed by atoms with E-state index in [9.17, 15) is 27.2 Å². The molecule has 5 rings (SSSR count). The highest BCUT2D eigenvalue weighted by Gasteiger charge is 2.38. The highest BCUT2D eigenvalue weighted by molar-refractivity contribution is 6.30. The van der Waals surface area contributed by atoms with Crippen molar-refractivity contribution in [2.45, 2.75) is 44.4 Å². The van der Waals surface area contributed by atoms with Gasteiger partial charge in [-0.2, -0.15) is 13.2 Å². The van der Waals surface area contributed by atoms with Crippen molar-refractivity contribution < 1.29 is 22.4 Å². The summed E-state index contributed by atoms with van der Waals surface area (Å²) < 4.78 is 57.3. The Bertz CT molecular complexity index is 1610. The van der Waals surface area contributed by atoms with E-state index in [1.165, 1.54) is 16.7 Å². The Kier molecular flexibility index (Phi) is 7.54. The Morgan fingerprint density at radius 1 is 1.05 bits per heavy atom. The molecule has 40 heavy (non-hydrogen) atoms. The fourth-order valence-corrected chi connectivity index (χ4v) is 5.33. The first kappa shape index (κ1) is 27.6. The molecular formula is C27H25ClF4N6O2. The number of aromatic nitrogens is 4. The summed E-state index contributed by atoms with van der Waals surface area (Å²) in [4.78, 5) is 33.8. The molecule has 0 radical (unpaired) electrons. The molecule has 3 aromatic heterocycles. The lowest BCUT2D eigenvalue weighted by molar-refractivity contribution is -0.141. The third-order valence-electron chi connectivity index (χ3n) is 7.14. The number of hydrogen-bond donors (Lipinski definition) is 2. The van der Waals surface area contributed by atoms with Crippen molar-refractivity contribution >= 4 is 34.4 Å². The number of fused-ring (bicyclic) bond motifs is 1. The van der Waals surface area contributed by atoms with Gasteiger partial charge < -0.3 is 10.6 Å². The number of carbonyl (C=O) groups is 1. The highest BCUT2D eigenvalue weighted by Crippen LogP contribution is 2.32. The van der Waals surface area contributed by atoms with Gasteiger partial charge in [0.15, 0.2) is 5.69 Å². The molecule has 1 aromatic carbocycles. The lowest BCUT2D eigenvalue weighted by atomic mass is 9.85. The van der Waals surface area contributed by atoms with Crippen LogP contribution in [0.15, 0.2) is 53.6 Å². The Morgan fingerprint density at radius 2 is 1.80 bits per heavy atom. The summed E-state index contributed by atoms with van der Waals surface area (Å²) >= 11 is 5.80. The molecule has 0 atom stereocenters. The normalized spacial score (nSPS) is 17.6. The van der Waals surface area contributed by atoms with Crippen LogP contribution >= 0.6 is 11.6 Å². The topological polar surface area (TPSA) is 93.8 Å². The molecule has 1 fully saturated rings. The number of benzene rings is 1. The minimum absolute atomic E-state index is 0.0385. The van der Waals surface area contributed by atoms with Crippen LogP contribution in [0.25, 0.3) is 16.7 Å². The van der Waals surface area contributed by atoms with Gasteiger partial charge in [-0.3, -0.25) is 13.9 Å². The molecule has 0 unspecified atom stereocenters. The van der Waals surface area contributed by atoms with Crippen molar-refractivity contribution in [3.8, 4) is 5.69 Å². The number of nitrogens with one attached hydrogen (secondary N) is 2. The molecule has 0 saturated heterocycles. The molecule has 3 heterocycles. The maximum absolute atomic E-state index is 14.2. The van der Waals surface area contributed by atoms with E-state index >= 15 is 0 Å². The van der Waals surface area contributed by atoms with E-state index in [1.807, 2.05) is 0 Å². The Hall–Kier alpha value is -3.93. The smallest absolute Gasteiger partial charge is 0.373 e. The zero-order valence-corrected chi connectivity index (χ0v) is 22.1. The highest BCUT2D eigenvalue weighted by atomic mass is 35.5. The molecular weight excluding hydrogens is 552 g/mol. The zero-order chi connectivity index (χ0) is 28.6. The minimum atomic E-state index is -4.80. The van der Waals surface area contributed by atoms with Gasteiger partial charge in [-0.1, -0.05) is 11.6 Å². The summed E-state index contributed by atoms with van der Waals surface area (Å²) in [7, 11) is 1.73. The minimum Gasteiger partial charge on any atom is -0.373 e. The van der Waals surface area contributed by atoms with Gasteiger partial charge in [-0.25, -0.2) is 19.2 Å². The van der Waals surface area contributed by atoms with Crippen LogP contribution in [-0.4, -0.2) is 38.1 Å². The van der Waals surface area contributed by atoms with Crippen LogP contribution in [0.2, 0.25) is 5.02 Å². The number of anilines is 1. The van der Waals surface area contributed by atoms with Gasteiger partial charge in [-0.15, -0.1) is 0 Å². The molecule has 8 nitrogen and oxygen atoms in total. The number of pyridine rings is 2. The van der Waals surface area contributed by atoms with Gasteiger partial charge in [0, 0.05) is 25.8 Å². The van der Waals surface area contributed by atoms with Crippen molar-refractivity contribution in [3.63, 3.8) is 0 Å². The standard InChI is InChI=1S/C27H25ClF4N6O2/c1-33-23-9-7-19(13-34-23)38-21-8-4-17(29)11-22(21)37(26(38)40)14-15-2-5-18(6-3-15)36-25(39)20-10-16(28)12-35-24(20)27(30,31)32/h4,7-13,15,18H,2-3,5-6,14H2,1H3,(H,33,34)(H,36,39)/t15-,18-. The second-order valence-corrected chi connectivity index (χ2v) is 10.2. The Morgan fingerprint density at radius 3 is 2.45 bits per heavy atom. The maximum atomic E-state index is 14.2. The van der Waals surface area contributed by atoms with Crippen LogP contribution < -0.4 is 16.3 Å². The number of hydrogen-bond acceptors (Lipinski definition) is 5. The zero-order valence-electron chi connectivity index (χ0n) is 21.3. The predicted octanol–water partition coefficient (Wildman–Crippen LogP) is 5.42. The molecule has 1 saturated carbocycles. The third kappa shape index (κ3) is 5.53. The van der Waals surface area contributed by atoms with E-state index in [-0.39, 0.29) is 22.7 Å². The van der Waals surface area contributed by atoms with E-state index < -0.39 is 29.2 Å². The summed E-state index contributed by atoms with van der Waals surface area (Å²) in [5.41, 5.74) is -0.710. The van der Waals surface area contributed by atoms with Crippen molar-refractivity contribution in [1.29, 1.82) is 0 Å². The molecule has 1 aliphatic carbocycles. The average molecular weight is 577 g/mol. The molecule has 2 N–H and O–H groups in total. The van der Waals surface area contributed by atoms with Gasteiger partial charge in [0.25, 0.3) is 5.91 Å². The summed E-state index contributed by atoms with van der Waals surface area (Å²) in [6, 6.07) is 8.28. The fraction of sp³-hybridized carbons (Fsp3) is 0.333. The van der Waals surface area contributed by atoms with Crippen LogP contribution in [0.3, 0.4) is 0 Å². The first-order chi connectivity index (χ1) is 19.0. The number of carbonyl (C=O) groups excluding carboxylic acids is 1. The van der Waals surface area contributed by atoms with Crippen LogP contribution in [0.4, 0.5) is 23.4 Å². The number of rotatable bonds is 6. The number of amides is 1. The van der Waals surface area contributed by atoms with Gasteiger partial charge >= 0.3 is 11.9 Å². The average Bonchev–Trinajstić information content (AvgIpc) is 3.19. The van der Waals surface area contributed by atoms with Gasteiger partial charge in [-0.05, 0) is 68.0 Å². The van der Waals surface area contributed by atoms with Crippen molar-refractivity contribution in [2.24, 2.45) is 5.92 Å². The molecule has 210 valence electrons. The monoisotopic (exact) mass is 576 g/mol. The second-order valence-electron chi connectivity index (χ2n) is 9.75. The summed E-state index contributed by atoms with van der Waals surface area (Å²) in [5.74, 6) is -0.686. The van der Waals surface area contributed by atoms with Gasteiger partial charge in [0.1, 0.15) is 11.6 Å². The second kappa shape index (κ2) is 10.9. The Labute approximate surface area is 231 Å². The van der Waals surface area contributed by atoms with Crippen LogP contribution in [-0.2, 0) is 12.7 Å². The third-order valence-corrected chi connectivity index (χ3v) is 7.35. The van der Waals surface area contributed by atoms with E-state index in [2.05, 4.69) is 20.6 Å². The van der Waals surface area contributed by atoms with E-state index in [0.29, 0.717) is 54.8 Å². The summed E-state index contributed by atoms with van der Waals surface area (Å²) in [6.07, 6.45) is -0.161. The number of imidazole rings is 1. The van der Waals surface area contributed by atoms with E-state index in [1.54, 1.807) is 36.0 Å². The summed E-state index contributed by atoms with van der Waals surface area (Å²) in [5, 5.41) is 5.52. The number of halogens is 5. The molecule has 4 aromatic rings. The van der Waals surface area contributed by atoms with Crippen LogP contribution in [0.1, 0.15) is 41.7 Å². The first-order valence-corrected chi connectivity index (χ1v) is 13.0. The van der Waals surface area contributed by atoms with Crippen molar-refractivity contribution in [1.82, 2.24) is 24.4 Å². The molecule has 13 heteroatoms. The van der Waals surface area contributed by atoms with Gasteiger partial charge in [0.2, 0.25) is 0 Å². The van der Waals surface area contributed by atoms with Crippen LogP contribution in [0.5, 0.6) is 0 Å². The lowest BCUT2D eigenvalue weighted by Gasteiger charge is -2.29. The fourth-order valence-electron chi connectivity index (χ4n) is 5.17. The van der Waals surface area contributed by atoms with E-state index in [4.69, 9.17) is 11.6 Å². The lowest BCUT2D eigenvalue weighted by Crippen LogP contribution is -2.39. The van der Waals surface area contributed by atoms with E-state index in [0.717, 1.165) is 12.3 Å². The SMILES string of the molecule is CNc1ccc(-n2c(=O)n(C[C@H]3CC[C@H](NC(=O)c4cc(Cl)cnc4C(F)(F)F)CC3)c3cc(F)ccc32)cn1. The summed E-state index contributed by atoms with van der Waals surface area (Å²) in [6.45, 7) is 0.324. The predicted molar refractivity (Wildman–Crippen MR) is 142 cm³/mol. The van der Waals surface area contributed by atoms with Crippen molar-refractivity contribution in [2.75, 3.05) is 12.4 Å². The number of alkyl halides is 3. The first-order valence-electron chi connectivity index (χ1n) is 12.6. The molecule has 0 spiro atoms. The molecule has 0 bridgehead atoms. The largest absolute Gasteiger partial charge is 0.434 e. The van der Waals surface area contributed by atoms with Crippen LogP contribution in [0, 0.1) is 11.7 Å². The molecule has 0 aliphatic heterocycles. The molecule has 1 amide bonds. The maximum Gasteiger partial charge on any atom is 0.434 e. The molecule has 1 aliphatic rings. The van der Waals surface area contributed by atoms with Gasteiger partial charge in [0.05, 0.1) is 33.5 Å². The quantitative estimate of drug-likeness (QED) is 0.299. The van der Waals surface area contributed by atoms with Crippen molar-refractivity contribution in [3.05, 3.63) is 81.4 Å². The number of nitrogens with zero attached hydrogens (tertiary/aromatic N) is 4.